The number of aryl methyl sites for hydroxylation is 1. The first-order valence-corrected chi connectivity index (χ1v) is 10.1. The standard InChI is InChI=1S/C17H21N3OS2/c21-17(15-11-23-16-4-2-1-3-14(15)16)20-7-5-19(6-8-20)9-13-10-22-12-18-13/h10-12H,1-9H2. The van der Waals surface area contributed by atoms with E-state index in [9.17, 15) is 4.79 Å². The maximum Gasteiger partial charge on any atom is 0.255 e. The Morgan fingerprint density at radius 2 is 1.96 bits per heavy atom. The highest BCUT2D eigenvalue weighted by atomic mass is 32.1. The van der Waals surface area contributed by atoms with E-state index in [1.54, 1.807) is 22.7 Å². The summed E-state index contributed by atoms with van der Waals surface area (Å²) in [4.78, 5) is 23.1. The molecule has 1 aliphatic carbocycles. The summed E-state index contributed by atoms with van der Waals surface area (Å²) < 4.78 is 0. The fourth-order valence-electron chi connectivity index (χ4n) is 3.50. The Morgan fingerprint density at radius 1 is 1.13 bits per heavy atom. The number of amides is 1. The van der Waals surface area contributed by atoms with Crippen molar-refractivity contribution < 1.29 is 4.79 Å². The van der Waals surface area contributed by atoms with E-state index in [0.717, 1.165) is 56.8 Å². The van der Waals surface area contributed by atoms with Gasteiger partial charge in [0.2, 0.25) is 0 Å². The van der Waals surface area contributed by atoms with Crippen LogP contribution in [0.1, 0.15) is 39.3 Å². The first kappa shape index (κ1) is 15.3. The lowest BCUT2D eigenvalue weighted by Gasteiger charge is -2.34. The van der Waals surface area contributed by atoms with Gasteiger partial charge < -0.3 is 4.90 Å². The molecular formula is C17H21N3OS2. The molecule has 0 saturated carbocycles. The number of hydrogen-bond donors (Lipinski definition) is 0. The third kappa shape index (κ3) is 3.20. The summed E-state index contributed by atoms with van der Waals surface area (Å²) >= 11 is 3.43. The summed E-state index contributed by atoms with van der Waals surface area (Å²) in [6.07, 6.45) is 4.75. The Bertz CT molecular complexity index is 672. The van der Waals surface area contributed by atoms with Gasteiger partial charge in [-0.1, -0.05) is 0 Å². The molecule has 0 spiro atoms. The van der Waals surface area contributed by atoms with E-state index in [1.807, 2.05) is 10.4 Å². The van der Waals surface area contributed by atoms with Crippen molar-refractivity contribution in [2.24, 2.45) is 0 Å². The molecule has 1 saturated heterocycles. The van der Waals surface area contributed by atoms with Gasteiger partial charge in [0, 0.05) is 48.4 Å². The van der Waals surface area contributed by atoms with Crippen LogP contribution in [0, 0.1) is 0 Å². The van der Waals surface area contributed by atoms with Crippen molar-refractivity contribution in [1.29, 1.82) is 0 Å². The molecular weight excluding hydrogens is 326 g/mol. The molecule has 2 aliphatic rings. The number of fused-ring (bicyclic) bond motifs is 1. The number of rotatable bonds is 3. The third-order valence-corrected chi connectivity index (χ3v) is 6.54. The highest BCUT2D eigenvalue weighted by Gasteiger charge is 2.26. The predicted octanol–water partition coefficient (Wildman–Crippen LogP) is 3.04. The number of hydrogen-bond acceptors (Lipinski definition) is 5. The summed E-state index contributed by atoms with van der Waals surface area (Å²) in [5, 5.41) is 4.20. The number of piperazine rings is 1. The summed E-state index contributed by atoms with van der Waals surface area (Å²) in [6.45, 7) is 4.44. The van der Waals surface area contributed by atoms with Gasteiger partial charge in [-0.2, -0.15) is 0 Å². The molecule has 3 heterocycles. The second-order valence-electron chi connectivity index (χ2n) is 6.31. The first-order chi connectivity index (χ1) is 11.3. The van der Waals surface area contributed by atoms with E-state index >= 15 is 0 Å². The third-order valence-electron chi connectivity index (χ3n) is 4.82. The zero-order valence-corrected chi connectivity index (χ0v) is 14.8. The zero-order chi connectivity index (χ0) is 15.6. The van der Waals surface area contributed by atoms with Crippen molar-refractivity contribution >= 4 is 28.6 Å². The maximum atomic E-state index is 12.9. The lowest BCUT2D eigenvalue weighted by Crippen LogP contribution is -2.48. The molecule has 6 heteroatoms. The molecule has 2 aromatic rings. The van der Waals surface area contributed by atoms with Crippen molar-refractivity contribution in [2.75, 3.05) is 26.2 Å². The molecule has 0 radical (unpaired) electrons. The van der Waals surface area contributed by atoms with Crippen molar-refractivity contribution in [3.8, 4) is 0 Å². The topological polar surface area (TPSA) is 36.4 Å². The van der Waals surface area contributed by atoms with E-state index in [2.05, 4.69) is 20.6 Å². The average Bonchev–Trinajstić information content (AvgIpc) is 3.24. The number of nitrogens with zero attached hydrogens (tertiary/aromatic N) is 3. The maximum absolute atomic E-state index is 12.9. The fraction of sp³-hybridized carbons (Fsp3) is 0.529. The lowest BCUT2D eigenvalue weighted by molar-refractivity contribution is 0.0626. The number of carbonyl (C=O) groups excluding carboxylic acids is 1. The Morgan fingerprint density at radius 3 is 2.74 bits per heavy atom. The van der Waals surface area contributed by atoms with E-state index in [4.69, 9.17) is 0 Å². The second-order valence-corrected chi connectivity index (χ2v) is 7.99. The Kier molecular flexibility index (Phi) is 4.46. The van der Waals surface area contributed by atoms with Crippen molar-refractivity contribution in [2.45, 2.75) is 32.2 Å². The molecule has 4 rings (SSSR count). The van der Waals surface area contributed by atoms with Crippen LogP contribution >= 0.6 is 22.7 Å². The van der Waals surface area contributed by atoms with Crippen LogP contribution in [0.3, 0.4) is 0 Å². The average molecular weight is 348 g/mol. The normalized spacial score (nSPS) is 18.9. The van der Waals surface area contributed by atoms with Crippen LogP contribution in [-0.2, 0) is 19.4 Å². The van der Waals surface area contributed by atoms with Gasteiger partial charge in [0.05, 0.1) is 16.8 Å². The van der Waals surface area contributed by atoms with E-state index in [1.165, 1.54) is 23.3 Å². The van der Waals surface area contributed by atoms with Gasteiger partial charge in [0.1, 0.15) is 0 Å². The minimum absolute atomic E-state index is 0.248. The lowest BCUT2D eigenvalue weighted by atomic mass is 9.95. The van der Waals surface area contributed by atoms with Gasteiger partial charge in [-0.05, 0) is 31.2 Å². The summed E-state index contributed by atoms with van der Waals surface area (Å²) in [5.41, 5.74) is 5.35. The number of carbonyl (C=O) groups is 1. The molecule has 0 aromatic carbocycles. The molecule has 0 bridgehead atoms. The van der Waals surface area contributed by atoms with E-state index in [0.29, 0.717) is 0 Å². The molecule has 0 atom stereocenters. The smallest absolute Gasteiger partial charge is 0.255 e. The van der Waals surface area contributed by atoms with Crippen molar-refractivity contribution in [1.82, 2.24) is 14.8 Å². The van der Waals surface area contributed by atoms with Crippen LogP contribution in [0.15, 0.2) is 16.3 Å². The molecule has 4 nitrogen and oxygen atoms in total. The Hall–Kier alpha value is -1.24. The molecule has 122 valence electrons. The summed E-state index contributed by atoms with van der Waals surface area (Å²) in [7, 11) is 0. The van der Waals surface area contributed by atoms with Gasteiger partial charge in [0.25, 0.3) is 5.91 Å². The van der Waals surface area contributed by atoms with Gasteiger partial charge in [-0.15, -0.1) is 22.7 Å². The molecule has 23 heavy (non-hydrogen) atoms. The van der Waals surface area contributed by atoms with Gasteiger partial charge in [-0.3, -0.25) is 9.69 Å². The van der Waals surface area contributed by atoms with Gasteiger partial charge >= 0.3 is 0 Å². The van der Waals surface area contributed by atoms with Crippen molar-refractivity contribution in [3.63, 3.8) is 0 Å². The SMILES string of the molecule is O=C(c1csc2c1CCCC2)N1CCN(Cc2cscn2)CC1. The fourth-order valence-corrected chi connectivity index (χ4v) is 5.17. The summed E-state index contributed by atoms with van der Waals surface area (Å²) in [6, 6.07) is 0. The predicted molar refractivity (Wildman–Crippen MR) is 94.3 cm³/mol. The zero-order valence-electron chi connectivity index (χ0n) is 13.2. The molecule has 2 aromatic heterocycles. The molecule has 1 amide bonds. The largest absolute Gasteiger partial charge is 0.336 e. The summed E-state index contributed by atoms with van der Waals surface area (Å²) in [5.74, 6) is 0.248. The Labute approximate surface area is 144 Å². The van der Waals surface area contributed by atoms with Gasteiger partial charge in [-0.25, -0.2) is 4.98 Å². The Balaban J connectivity index is 1.38. The molecule has 1 fully saturated rings. The van der Waals surface area contributed by atoms with Crippen LogP contribution in [0.5, 0.6) is 0 Å². The number of thiazole rings is 1. The van der Waals surface area contributed by atoms with Crippen LogP contribution < -0.4 is 0 Å². The first-order valence-electron chi connectivity index (χ1n) is 8.29. The van der Waals surface area contributed by atoms with E-state index in [-0.39, 0.29) is 5.91 Å². The van der Waals surface area contributed by atoms with Crippen LogP contribution in [0.2, 0.25) is 0 Å². The minimum Gasteiger partial charge on any atom is -0.336 e. The van der Waals surface area contributed by atoms with Crippen LogP contribution in [-0.4, -0.2) is 46.9 Å². The molecule has 0 unspecified atom stereocenters. The van der Waals surface area contributed by atoms with Crippen LogP contribution in [0.4, 0.5) is 0 Å². The number of aromatic nitrogens is 1. The molecule has 0 N–H and O–H groups in total. The minimum atomic E-state index is 0.248. The van der Waals surface area contributed by atoms with E-state index < -0.39 is 0 Å². The number of thiophene rings is 1. The molecule has 1 aliphatic heterocycles. The monoisotopic (exact) mass is 347 g/mol. The van der Waals surface area contributed by atoms with Crippen LogP contribution in [0.25, 0.3) is 0 Å². The quantitative estimate of drug-likeness (QED) is 0.856. The highest BCUT2D eigenvalue weighted by molar-refractivity contribution is 7.10. The van der Waals surface area contributed by atoms with Crippen molar-refractivity contribution in [3.05, 3.63) is 38.0 Å². The highest BCUT2D eigenvalue weighted by Crippen LogP contribution is 2.31. The van der Waals surface area contributed by atoms with Gasteiger partial charge in [0.15, 0.2) is 0 Å². The second kappa shape index (κ2) is 6.71.